The lowest BCUT2D eigenvalue weighted by atomic mass is 9.94. The molecule has 26 heavy (non-hydrogen) atoms. The SMILES string of the molecule is CC1=Nc2c(c(=O)[nH]n2[C@H]2CCOC(C)(C)C2)[C@@H](c2ccc(Cl)cc2)S1. The Hall–Kier alpha value is -1.50. The van der Waals surface area contributed by atoms with E-state index in [0.29, 0.717) is 11.6 Å². The fourth-order valence-corrected chi connectivity index (χ4v) is 5.00. The van der Waals surface area contributed by atoms with Gasteiger partial charge in [-0.3, -0.25) is 14.6 Å². The Balaban J connectivity index is 1.79. The van der Waals surface area contributed by atoms with Crippen LogP contribution in [0.2, 0.25) is 5.02 Å². The number of H-pyrrole nitrogens is 1. The molecule has 1 fully saturated rings. The molecule has 0 aliphatic carbocycles. The van der Waals surface area contributed by atoms with Gasteiger partial charge in [-0.15, -0.1) is 0 Å². The molecular formula is C19H22ClN3O2S. The van der Waals surface area contributed by atoms with Crippen LogP contribution in [-0.2, 0) is 4.74 Å². The molecular weight excluding hydrogens is 370 g/mol. The lowest BCUT2D eigenvalue weighted by molar-refractivity contribution is -0.0705. The van der Waals surface area contributed by atoms with Gasteiger partial charge in [0.15, 0.2) is 5.82 Å². The predicted molar refractivity (Wildman–Crippen MR) is 107 cm³/mol. The number of aliphatic imine (C=N–C) groups is 1. The number of halogens is 1. The van der Waals surface area contributed by atoms with Crippen molar-refractivity contribution < 1.29 is 4.74 Å². The first-order chi connectivity index (χ1) is 12.3. The molecule has 0 amide bonds. The minimum Gasteiger partial charge on any atom is -0.375 e. The fraction of sp³-hybridized carbons (Fsp3) is 0.474. The molecule has 0 radical (unpaired) electrons. The van der Waals surface area contributed by atoms with Gasteiger partial charge < -0.3 is 4.74 Å². The average molecular weight is 392 g/mol. The summed E-state index contributed by atoms with van der Waals surface area (Å²) in [6, 6.07) is 7.88. The Morgan fingerprint density at radius 1 is 1.35 bits per heavy atom. The van der Waals surface area contributed by atoms with Crippen LogP contribution in [0.4, 0.5) is 5.82 Å². The van der Waals surface area contributed by atoms with Gasteiger partial charge in [-0.2, -0.15) is 0 Å². The van der Waals surface area contributed by atoms with E-state index in [1.54, 1.807) is 11.8 Å². The minimum atomic E-state index is -0.200. The van der Waals surface area contributed by atoms with Gasteiger partial charge in [-0.05, 0) is 51.3 Å². The number of hydrogen-bond donors (Lipinski definition) is 1. The lowest BCUT2D eigenvalue weighted by Crippen LogP contribution is -2.35. The second-order valence-electron chi connectivity index (χ2n) is 7.48. The van der Waals surface area contributed by atoms with Gasteiger partial charge in [0.05, 0.1) is 27.5 Å². The highest BCUT2D eigenvalue weighted by Gasteiger charge is 2.35. The normalized spacial score (nSPS) is 24.8. The van der Waals surface area contributed by atoms with Crippen molar-refractivity contribution in [3.8, 4) is 0 Å². The van der Waals surface area contributed by atoms with E-state index in [9.17, 15) is 4.79 Å². The number of benzene rings is 1. The summed E-state index contributed by atoms with van der Waals surface area (Å²) in [5.74, 6) is 0.758. The number of nitrogens with one attached hydrogen (secondary N) is 1. The van der Waals surface area contributed by atoms with Crippen LogP contribution in [0.1, 0.15) is 56.0 Å². The number of aromatic nitrogens is 2. The molecule has 4 rings (SSSR count). The van der Waals surface area contributed by atoms with Crippen molar-refractivity contribution >= 4 is 34.2 Å². The first kappa shape index (κ1) is 17.9. The first-order valence-corrected chi connectivity index (χ1v) is 10.1. The Morgan fingerprint density at radius 2 is 2.08 bits per heavy atom. The molecule has 1 aromatic heterocycles. The van der Waals surface area contributed by atoms with E-state index < -0.39 is 0 Å². The van der Waals surface area contributed by atoms with E-state index >= 15 is 0 Å². The molecule has 0 saturated carbocycles. The summed E-state index contributed by atoms with van der Waals surface area (Å²) in [4.78, 5) is 17.6. The van der Waals surface area contributed by atoms with E-state index in [1.165, 1.54) is 0 Å². The van der Waals surface area contributed by atoms with Crippen molar-refractivity contribution in [2.45, 2.75) is 50.5 Å². The van der Waals surface area contributed by atoms with Gasteiger partial charge in [-0.25, -0.2) is 4.99 Å². The summed E-state index contributed by atoms with van der Waals surface area (Å²) >= 11 is 7.64. The average Bonchev–Trinajstić information content (AvgIpc) is 2.91. The molecule has 1 saturated heterocycles. The highest BCUT2D eigenvalue weighted by atomic mass is 35.5. The zero-order valence-corrected chi connectivity index (χ0v) is 16.7. The van der Waals surface area contributed by atoms with E-state index in [-0.39, 0.29) is 22.5 Å². The van der Waals surface area contributed by atoms with E-state index in [1.807, 2.05) is 35.9 Å². The second-order valence-corrected chi connectivity index (χ2v) is 9.22. The third kappa shape index (κ3) is 3.26. The molecule has 1 N–H and O–H groups in total. The highest BCUT2D eigenvalue weighted by molar-refractivity contribution is 8.14. The quantitative estimate of drug-likeness (QED) is 0.796. The van der Waals surface area contributed by atoms with Crippen molar-refractivity contribution in [1.82, 2.24) is 9.78 Å². The van der Waals surface area contributed by atoms with Crippen molar-refractivity contribution in [1.29, 1.82) is 0 Å². The fourth-order valence-electron chi connectivity index (χ4n) is 3.77. The number of aromatic amines is 1. The van der Waals surface area contributed by atoms with Crippen LogP contribution in [0.25, 0.3) is 0 Å². The van der Waals surface area contributed by atoms with Gasteiger partial charge in [0.1, 0.15) is 0 Å². The van der Waals surface area contributed by atoms with Crippen LogP contribution >= 0.6 is 23.4 Å². The van der Waals surface area contributed by atoms with E-state index in [0.717, 1.165) is 34.8 Å². The third-order valence-electron chi connectivity index (χ3n) is 4.96. The Morgan fingerprint density at radius 3 is 2.77 bits per heavy atom. The zero-order chi connectivity index (χ0) is 18.5. The number of hydrogen-bond acceptors (Lipinski definition) is 4. The highest BCUT2D eigenvalue weighted by Crippen LogP contribution is 2.45. The molecule has 0 bridgehead atoms. The minimum absolute atomic E-state index is 0.0620. The number of fused-ring (bicyclic) bond motifs is 1. The molecule has 1 aromatic carbocycles. The number of nitrogens with zero attached hydrogens (tertiary/aromatic N) is 2. The summed E-state index contributed by atoms with van der Waals surface area (Å²) in [6.45, 7) is 6.86. The Bertz CT molecular complexity index is 914. The smallest absolute Gasteiger partial charge is 0.271 e. The molecule has 2 aliphatic rings. The number of ether oxygens (including phenoxy) is 1. The van der Waals surface area contributed by atoms with Gasteiger partial charge in [0, 0.05) is 11.6 Å². The molecule has 7 heteroatoms. The predicted octanol–water partition coefficient (Wildman–Crippen LogP) is 4.85. The zero-order valence-electron chi connectivity index (χ0n) is 15.1. The molecule has 5 nitrogen and oxygen atoms in total. The second kappa shape index (κ2) is 6.59. The molecule has 0 unspecified atom stereocenters. The molecule has 3 heterocycles. The van der Waals surface area contributed by atoms with Crippen LogP contribution in [0.5, 0.6) is 0 Å². The summed E-state index contributed by atoms with van der Waals surface area (Å²) in [7, 11) is 0. The van der Waals surface area contributed by atoms with Crippen LogP contribution in [0.15, 0.2) is 34.1 Å². The summed E-state index contributed by atoms with van der Waals surface area (Å²) in [5, 5.41) is 4.63. The molecule has 2 aromatic rings. The van der Waals surface area contributed by atoms with Gasteiger partial charge in [0.2, 0.25) is 0 Å². The Kier molecular flexibility index (Phi) is 4.53. The number of rotatable bonds is 2. The largest absolute Gasteiger partial charge is 0.375 e. The molecule has 2 atom stereocenters. The van der Waals surface area contributed by atoms with Crippen LogP contribution < -0.4 is 5.56 Å². The van der Waals surface area contributed by atoms with E-state index in [4.69, 9.17) is 21.3 Å². The maximum Gasteiger partial charge on any atom is 0.271 e. The number of thioether (sulfide) groups is 1. The summed E-state index contributed by atoms with van der Waals surface area (Å²) in [5.41, 5.74) is 1.53. The van der Waals surface area contributed by atoms with Crippen molar-refractivity contribution in [2.75, 3.05) is 6.61 Å². The summed E-state index contributed by atoms with van der Waals surface area (Å²) < 4.78 is 7.80. The van der Waals surface area contributed by atoms with Gasteiger partial charge in [0.25, 0.3) is 5.56 Å². The molecule has 0 spiro atoms. The molecule has 2 aliphatic heterocycles. The van der Waals surface area contributed by atoms with Gasteiger partial charge >= 0.3 is 0 Å². The summed E-state index contributed by atoms with van der Waals surface area (Å²) in [6.07, 6.45) is 1.71. The first-order valence-electron chi connectivity index (χ1n) is 8.80. The van der Waals surface area contributed by atoms with Gasteiger partial charge in [-0.1, -0.05) is 35.5 Å². The van der Waals surface area contributed by atoms with Crippen molar-refractivity contribution in [2.24, 2.45) is 4.99 Å². The van der Waals surface area contributed by atoms with Crippen LogP contribution in [-0.4, -0.2) is 27.0 Å². The third-order valence-corrected chi connectivity index (χ3v) is 6.39. The van der Waals surface area contributed by atoms with Crippen LogP contribution in [0.3, 0.4) is 0 Å². The van der Waals surface area contributed by atoms with Crippen molar-refractivity contribution in [3.63, 3.8) is 0 Å². The standard InChI is InChI=1S/C19H22ClN3O2S/c1-11-21-17-15(16(26-11)12-4-6-13(20)7-5-12)18(24)22-23(17)14-8-9-25-19(2,3)10-14/h4-7,14,16H,8-10H2,1-3H3,(H,22,24)/t14-,16+/m0/s1. The topological polar surface area (TPSA) is 59.4 Å². The van der Waals surface area contributed by atoms with Crippen LogP contribution in [0, 0.1) is 0 Å². The molecule has 138 valence electrons. The maximum atomic E-state index is 12.8. The lowest BCUT2D eigenvalue weighted by Gasteiger charge is -2.36. The monoisotopic (exact) mass is 391 g/mol. The van der Waals surface area contributed by atoms with Crippen molar-refractivity contribution in [3.05, 3.63) is 50.8 Å². The Labute approximate surface area is 161 Å². The van der Waals surface area contributed by atoms with E-state index in [2.05, 4.69) is 18.9 Å². The maximum absolute atomic E-state index is 12.8.